The standard InChI is InChI=1S/C25H29N3O2S.ClH/c1-28-22-13-11-18(15-19(22)25-21-12-10-17(27-21)14-23(25)28)31(29,30)24-9-5-4-8-20(24)26-16-6-2-3-7-16;/h4-5,8-9,11,13,15-17,21,26-27H,2-3,6-7,10,12,14H2,1H3;1H. The number of sulfone groups is 1. The first-order valence-corrected chi connectivity index (χ1v) is 13.0. The highest BCUT2D eigenvalue weighted by atomic mass is 35.5. The third-order valence-electron chi connectivity index (χ3n) is 7.57. The molecule has 2 atom stereocenters. The van der Waals surface area contributed by atoms with E-state index < -0.39 is 9.84 Å². The molecule has 0 radical (unpaired) electrons. The van der Waals surface area contributed by atoms with E-state index >= 15 is 0 Å². The van der Waals surface area contributed by atoms with Crippen LogP contribution in [0.1, 0.15) is 55.8 Å². The molecule has 3 aromatic rings. The summed E-state index contributed by atoms with van der Waals surface area (Å²) in [4.78, 5) is 0.763. The van der Waals surface area contributed by atoms with Gasteiger partial charge in [-0.25, -0.2) is 8.42 Å². The van der Waals surface area contributed by atoms with E-state index in [1.54, 1.807) is 12.1 Å². The van der Waals surface area contributed by atoms with Crippen molar-refractivity contribution in [2.75, 3.05) is 5.32 Å². The molecule has 1 saturated carbocycles. The summed E-state index contributed by atoms with van der Waals surface area (Å²) in [7, 11) is -1.51. The minimum absolute atomic E-state index is 0. The van der Waals surface area contributed by atoms with Gasteiger partial charge in [0.25, 0.3) is 0 Å². The molecule has 5 nitrogen and oxygen atoms in total. The van der Waals surface area contributed by atoms with Gasteiger partial charge in [0.15, 0.2) is 0 Å². The van der Waals surface area contributed by atoms with Crippen LogP contribution < -0.4 is 10.6 Å². The third kappa shape index (κ3) is 3.35. The molecule has 3 aliphatic rings. The fourth-order valence-electron chi connectivity index (χ4n) is 5.99. The lowest BCUT2D eigenvalue weighted by atomic mass is 9.99. The lowest BCUT2D eigenvalue weighted by Crippen LogP contribution is -2.32. The predicted octanol–water partition coefficient (Wildman–Crippen LogP) is 5.14. The maximum atomic E-state index is 13.7. The molecule has 1 aromatic heterocycles. The average molecular weight is 472 g/mol. The van der Waals surface area contributed by atoms with Gasteiger partial charge in [0.2, 0.25) is 9.84 Å². The second-order valence-electron chi connectivity index (χ2n) is 9.42. The molecule has 1 saturated heterocycles. The molecule has 0 amide bonds. The van der Waals surface area contributed by atoms with Gasteiger partial charge < -0.3 is 15.2 Å². The molecular formula is C25H30ClN3O2S. The van der Waals surface area contributed by atoms with Gasteiger partial charge in [-0.05, 0) is 61.6 Å². The van der Waals surface area contributed by atoms with Gasteiger partial charge in [-0.2, -0.15) is 0 Å². The third-order valence-corrected chi connectivity index (χ3v) is 9.38. The van der Waals surface area contributed by atoms with Crippen LogP contribution in [0.3, 0.4) is 0 Å². The number of aromatic nitrogens is 1. The number of nitrogens with zero attached hydrogens (tertiary/aromatic N) is 1. The highest BCUT2D eigenvalue weighted by molar-refractivity contribution is 7.91. The van der Waals surface area contributed by atoms with Crippen LogP contribution in [0.5, 0.6) is 0 Å². The van der Waals surface area contributed by atoms with Crippen molar-refractivity contribution in [1.82, 2.24) is 9.88 Å². The number of benzene rings is 2. The molecule has 7 heteroatoms. The Hall–Kier alpha value is -2.02. The lowest BCUT2D eigenvalue weighted by Gasteiger charge is -2.23. The number of para-hydroxylation sites is 1. The van der Waals surface area contributed by atoms with Crippen LogP contribution in [0.25, 0.3) is 10.9 Å². The fourth-order valence-corrected chi connectivity index (χ4v) is 7.43. The van der Waals surface area contributed by atoms with Gasteiger partial charge in [0.05, 0.1) is 15.5 Å². The van der Waals surface area contributed by atoms with Crippen LogP contribution in [0.15, 0.2) is 52.3 Å². The van der Waals surface area contributed by atoms with E-state index in [0.29, 0.717) is 27.9 Å². The van der Waals surface area contributed by atoms with Crippen molar-refractivity contribution in [1.29, 1.82) is 0 Å². The van der Waals surface area contributed by atoms with Gasteiger partial charge in [-0.1, -0.05) is 25.0 Å². The summed E-state index contributed by atoms with van der Waals surface area (Å²) >= 11 is 0. The number of hydrogen-bond donors (Lipinski definition) is 2. The highest BCUT2D eigenvalue weighted by Gasteiger charge is 2.36. The van der Waals surface area contributed by atoms with Crippen molar-refractivity contribution in [3.8, 4) is 0 Å². The maximum absolute atomic E-state index is 13.7. The molecule has 6 rings (SSSR count). The molecule has 2 bridgehead atoms. The summed E-state index contributed by atoms with van der Waals surface area (Å²) in [6.07, 6.45) is 7.96. The molecule has 32 heavy (non-hydrogen) atoms. The molecule has 2 fully saturated rings. The van der Waals surface area contributed by atoms with E-state index in [2.05, 4.69) is 22.2 Å². The molecule has 2 N–H and O–H groups in total. The van der Waals surface area contributed by atoms with Crippen molar-refractivity contribution in [3.05, 3.63) is 53.7 Å². The summed E-state index contributed by atoms with van der Waals surface area (Å²) < 4.78 is 29.8. The Balaban J connectivity index is 0.00000216. The molecule has 170 valence electrons. The first-order valence-electron chi connectivity index (χ1n) is 11.5. The zero-order valence-electron chi connectivity index (χ0n) is 18.3. The van der Waals surface area contributed by atoms with Crippen molar-refractivity contribution in [2.24, 2.45) is 7.05 Å². The number of nitrogens with one attached hydrogen (secondary N) is 2. The second-order valence-corrected chi connectivity index (χ2v) is 11.3. The Morgan fingerprint density at radius 2 is 1.81 bits per heavy atom. The smallest absolute Gasteiger partial charge is 0.208 e. The summed E-state index contributed by atoms with van der Waals surface area (Å²) in [5, 5.41) is 8.30. The zero-order valence-corrected chi connectivity index (χ0v) is 19.9. The van der Waals surface area contributed by atoms with Crippen molar-refractivity contribution in [2.45, 2.75) is 72.9 Å². The number of rotatable bonds is 4. The van der Waals surface area contributed by atoms with E-state index in [1.807, 2.05) is 30.3 Å². The molecule has 2 aliphatic heterocycles. The summed E-state index contributed by atoms with van der Waals surface area (Å²) in [6, 6.07) is 14.3. The van der Waals surface area contributed by atoms with Crippen LogP contribution in [-0.4, -0.2) is 25.1 Å². The second kappa shape index (κ2) is 8.08. The minimum atomic E-state index is -3.63. The van der Waals surface area contributed by atoms with Gasteiger partial charge in [-0.3, -0.25) is 0 Å². The highest BCUT2D eigenvalue weighted by Crippen LogP contribution is 2.42. The summed E-state index contributed by atoms with van der Waals surface area (Å²) in [6.45, 7) is 0. The van der Waals surface area contributed by atoms with Crippen LogP contribution in [-0.2, 0) is 23.3 Å². The van der Waals surface area contributed by atoms with Gasteiger partial charge in [0, 0.05) is 48.2 Å². The van der Waals surface area contributed by atoms with Gasteiger partial charge >= 0.3 is 0 Å². The molecular weight excluding hydrogens is 442 g/mol. The molecule has 2 unspecified atom stereocenters. The number of hydrogen-bond acceptors (Lipinski definition) is 4. The Bertz CT molecular complexity index is 1280. The SMILES string of the molecule is Cl.Cn1c2c(c3cc(S(=O)(=O)c4ccccc4NC4CCCC4)ccc31)C1CCC(C2)N1. The predicted molar refractivity (Wildman–Crippen MR) is 131 cm³/mol. The van der Waals surface area contributed by atoms with Crippen molar-refractivity contribution < 1.29 is 8.42 Å². The van der Waals surface area contributed by atoms with E-state index in [1.165, 1.54) is 30.5 Å². The summed E-state index contributed by atoms with van der Waals surface area (Å²) in [5.74, 6) is 0. The van der Waals surface area contributed by atoms with Crippen LogP contribution in [0.4, 0.5) is 5.69 Å². The maximum Gasteiger partial charge on any atom is 0.208 e. The number of halogens is 1. The quantitative estimate of drug-likeness (QED) is 0.553. The first-order chi connectivity index (χ1) is 15.0. The van der Waals surface area contributed by atoms with Crippen LogP contribution in [0.2, 0.25) is 0 Å². The number of fused-ring (bicyclic) bond motifs is 6. The first kappa shape index (κ1) is 21.8. The van der Waals surface area contributed by atoms with E-state index in [4.69, 9.17) is 0 Å². The van der Waals surface area contributed by atoms with E-state index in [0.717, 1.165) is 42.3 Å². The largest absolute Gasteiger partial charge is 0.381 e. The van der Waals surface area contributed by atoms with E-state index in [-0.39, 0.29) is 12.4 Å². The Kier molecular flexibility index (Phi) is 5.51. The van der Waals surface area contributed by atoms with Crippen LogP contribution in [0, 0.1) is 0 Å². The lowest BCUT2D eigenvalue weighted by molar-refractivity contribution is 0.503. The number of aryl methyl sites for hydroxylation is 1. The monoisotopic (exact) mass is 471 g/mol. The summed E-state index contributed by atoms with van der Waals surface area (Å²) in [5.41, 5.74) is 4.51. The van der Waals surface area contributed by atoms with Gasteiger partial charge in [-0.15, -0.1) is 12.4 Å². The zero-order chi connectivity index (χ0) is 21.2. The normalized spacial score (nSPS) is 22.7. The Labute approximate surface area is 195 Å². The van der Waals surface area contributed by atoms with E-state index in [9.17, 15) is 8.42 Å². The van der Waals surface area contributed by atoms with Crippen molar-refractivity contribution >= 4 is 38.8 Å². The Morgan fingerprint density at radius 1 is 1.03 bits per heavy atom. The molecule has 0 spiro atoms. The van der Waals surface area contributed by atoms with Crippen molar-refractivity contribution in [3.63, 3.8) is 0 Å². The molecule has 1 aliphatic carbocycles. The molecule has 2 aromatic carbocycles. The fraction of sp³-hybridized carbons (Fsp3) is 0.440. The average Bonchev–Trinajstić information content (AvgIpc) is 3.49. The van der Waals surface area contributed by atoms with Crippen LogP contribution >= 0.6 is 12.4 Å². The molecule has 3 heterocycles. The number of anilines is 1. The topological polar surface area (TPSA) is 63.1 Å². The minimum Gasteiger partial charge on any atom is -0.381 e. The van der Waals surface area contributed by atoms with Gasteiger partial charge in [0.1, 0.15) is 0 Å². The Morgan fingerprint density at radius 3 is 2.62 bits per heavy atom.